The smallest absolute Gasteiger partial charge is 0.227 e. The molecule has 5 heteroatoms. The number of benzene rings is 1. The van der Waals surface area contributed by atoms with Crippen molar-refractivity contribution < 1.29 is 18.4 Å². The Bertz CT molecular complexity index is 443. The van der Waals surface area contributed by atoms with E-state index in [0.717, 1.165) is 18.2 Å². The summed E-state index contributed by atoms with van der Waals surface area (Å²) in [5.74, 6) is -2.64. The summed E-state index contributed by atoms with van der Waals surface area (Å²) in [5, 5.41) is 2.12. The minimum atomic E-state index is -0.589. The molecule has 0 atom stereocenters. The van der Waals surface area contributed by atoms with Gasteiger partial charge in [-0.25, -0.2) is 8.78 Å². The molecule has 0 bridgehead atoms. The van der Waals surface area contributed by atoms with Crippen LogP contribution in [0.5, 0.6) is 0 Å². The Kier molecular flexibility index (Phi) is 2.68. The molecule has 0 spiro atoms. The van der Waals surface area contributed by atoms with Crippen molar-refractivity contribution in [3.63, 3.8) is 0 Å². The molecule has 2 amide bonds. The first-order valence-electron chi connectivity index (χ1n) is 4.84. The number of carbonyl (C=O) groups excluding carboxylic acids is 2. The lowest BCUT2D eigenvalue weighted by atomic mass is 9.89. The van der Waals surface area contributed by atoms with Crippen LogP contribution < -0.4 is 5.32 Å². The standard InChI is InChI=1S/C11H9F2NO2/c12-7-1-2-9(13)8(5-7)6-3-10(15)14-11(16)4-6/h1-2,5-6H,3-4H2,(H,14,15,16). The van der Waals surface area contributed by atoms with Gasteiger partial charge in [0.15, 0.2) is 0 Å². The van der Waals surface area contributed by atoms with Crippen LogP contribution in [-0.2, 0) is 9.59 Å². The van der Waals surface area contributed by atoms with Crippen molar-refractivity contribution in [3.05, 3.63) is 35.4 Å². The van der Waals surface area contributed by atoms with Gasteiger partial charge in [0.05, 0.1) is 0 Å². The predicted octanol–water partition coefficient (Wildman–Crippen LogP) is 1.49. The third kappa shape index (κ3) is 2.08. The van der Waals surface area contributed by atoms with Gasteiger partial charge in [0.1, 0.15) is 11.6 Å². The molecule has 1 saturated heterocycles. The van der Waals surface area contributed by atoms with E-state index in [1.165, 1.54) is 0 Å². The van der Waals surface area contributed by atoms with Crippen molar-refractivity contribution in [1.82, 2.24) is 5.32 Å². The van der Waals surface area contributed by atoms with Gasteiger partial charge in [-0.3, -0.25) is 14.9 Å². The summed E-state index contributed by atoms with van der Waals surface area (Å²) in [4.78, 5) is 22.2. The lowest BCUT2D eigenvalue weighted by molar-refractivity contribution is -0.133. The topological polar surface area (TPSA) is 46.2 Å². The van der Waals surface area contributed by atoms with Gasteiger partial charge in [0.2, 0.25) is 11.8 Å². The molecular formula is C11H9F2NO2. The Morgan fingerprint density at radius 3 is 2.38 bits per heavy atom. The molecule has 1 aromatic rings. The van der Waals surface area contributed by atoms with Crippen molar-refractivity contribution in [2.75, 3.05) is 0 Å². The van der Waals surface area contributed by atoms with Crippen molar-refractivity contribution >= 4 is 11.8 Å². The largest absolute Gasteiger partial charge is 0.296 e. The van der Waals surface area contributed by atoms with Gasteiger partial charge in [-0.2, -0.15) is 0 Å². The monoisotopic (exact) mass is 225 g/mol. The van der Waals surface area contributed by atoms with Gasteiger partial charge in [-0.05, 0) is 23.8 Å². The molecule has 0 saturated carbocycles. The van der Waals surface area contributed by atoms with Crippen molar-refractivity contribution in [2.45, 2.75) is 18.8 Å². The van der Waals surface area contributed by atoms with E-state index in [2.05, 4.69) is 5.32 Å². The van der Waals surface area contributed by atoms with Crippen LogP contribution in [0.1, 0.15) is 24.3 Å². The van der Waals surface area contributed by atoms with E-state index in [9.17, 15) is 18.4 Å². The summed E-state index contributed by atoms with van der Waals surface area (Å²) in [5.41, 5.74) is 0.0863. The highest BCUT2D eigenvalue weighted by atomic mass is 19.1. The quantitative estimate of drug-likeness (QED) is 0.736. The van der Waals surface area contributed by atoms with E-state index in [1.807, 2.05) is 0 Å². The molecule has 1 aromatic carbocycles. The zero-order valence-electron chi connectivity index (χ0n) is 8.30. The SMILES string of the molecule is O=C1CC(c2cc(F)ccc2F)CC(=O)N1. The summed E-state index contributed by atoms with van der Waals surface area (Å²) in [6.45, 7) is 0. The fourth-order valence-corrected chi connectivity index (χ4v) is 1.82. The maximum absolute atomic E-state index is 13.4. The Morgan fingerprint density at radius 1 is 1.12 bits per heavy atom. The number of amides is 2. The number of nitrogens with one attached hydrogen (secondary N) is 1. The average Bonchev–Trinajstić information content (AvgIpc) is 2.20. The van der Waals surface area contributed by atoms with Gasteiger partial charge in [-0.15, -0.1) is 0 Å². The summed E-state index contributed by atoms with van der Waals surface area (Å²) < 4.78 is 26.3. The van der Waals surface area contributed by atoms with Crippen LogP contribution in [-0.4, -0.2) is 11.8 Å². The second-order valence-corrected chi connectivity index (χ2v) is 3.74. The number of rotatable bonds is 1. The second-order valence-electron chi connectivity index (χ2n) is 3.74. The molecule has 0 aliphatic carbocycles. The molecule has 0 unspecified atom stereocenters. The molecule has 3 nitrogen and oxygen atoms in total. The Balaban J connectivity index is 2.32. The highest BCUT2D eigenvalue weighted by Gasteiger charge is 2.28. The molecule has 1 fully saturated rings. The molecule has 16 heavy (non-hydrogen) atoms. The van der Waals surface area contributed by atoms with E-state index in [-0.39, 0.29) is 18.4 Å². The van der Waals surface area contributed by atoms with Crippen LogP contribution >= 0.6 is 0 Å². The zero-order valence-corrected chi connectivity index (χ0v) is 8.30. The van der Waals surface area contributed by atoms with Gasteiger partial charge >= 0.3 is 0 Å². The summed E-state index contributed by atoms with van der Waals surface area (Å²) >= 11 is 0. The molecule has 1 heterocycles. The Morgan fingerprint density at radius 2 is 1.75 bits per heavy atom. The summed E-state index contributed by atoms with van der Waals surface area (Å²) in [7, 11) is 0. The Labute approximate surface area is 90.5 Å². The molecule has 1 aliphatic rings. The fourth-order valence-electron chi connectivity index (χ4n) is 1.82. The van der Waals surface area contributed by atoms with E-state index in [0.29, 0.717) is 0 Å². The number of halogens is 2. The second kappa shape index (κ2) is 4.00. The summed E-state index contributed by atoms with van der Waals surface area (Å²) in [6.07, 6.45) is 0.0121. The molecule has 84 valence electrons. The van der Waals surface area contributed by atoms with Gasteiger partial charge < -0.3 is 0 Å². The van der Waals surface area contributed by atoms with Crippen LogP contribution in [0.4, 0.5) is 8.78 Å². The minimum Gasteiger partial charge on any atom is -0.296 e. The number of piperidine rings is 1. The third-order valence-corrected chi connectivity index (χ3v) is 2.54. The van der Waals surface area contributed by atoms with Crippen molar-refractivity contribution in [3.8, 4) is 0 Å². The lowest BCUT2D eigenvalue weighted by Gasteiger charge is -2.21. The average molecular weight is 225 g/mol. The van der Waals surface area contributed by atoms with Crippen LogP contribution in [0.15, 0.2) is 18.2 Å². The summed E-state index contributed by atoms with van der Waals surface area (Å²) in [6, 6.07) is 3.04. The molecular weight excluding hydrogens is 216 g/mol. The first-order valence-corrected chi connectivity index (χ1v) is 4.84. The van der Waals surface area contributed by atoms with Crippen molar-refractivity contribution in [2.24, 2.45) is 0 Å². The molecule has 2 rings (SSSR count). The highest BCUT2D eigenvalue weighted by Crippen LogP contribution is 2.28. The van der Waals surface area contributed by atoms with Crippen LogP contribution in [0, 0.1) is 11.6 Å². The lowest BCUT2D eigenvalue weighted by Crippen LogP contribution is -2.37. The number of imide groups is 1. The predicted molar refractivity (Wildman–Crippen MR) is 51.5 cm³/mol. The zero-order chi connectivity index (χ0) is 11.7. The third-order valence-electron chi connectivity index (χ3n) is 2.54. The molecule has 1 aliphatic heterocycles. The van der Waals surface area contributed by atoms with Crippen LogP contribution in [0.2, 0.25) is 0 Å². The normalized spacial score (nSPS) is 17.4. The number of hydrogen-bond donors (Lipinski definition) is 1. The number of carbonyl (C=O) groups is 2. The van der Waals surface area contributed by atoms with Gasteiger partial charge in [-0.1, -0.05) is 0 Å². The van der Waals surface area contributed by atoms with Crippen LogP contribution in [0.3, 0.4) is 0 Å². The van der Waals surface area contributed by atoms with E-state index in [1.54, 1.807) is 0 Å². The maximum atomic E-state index is 13.4. The Hall–Kier alpha value is -1.78. The minimum absolute atomic E-state index is 0.00606. The van der Waals surface area contributed by atoms with Gasteiger partial charge in [0.25, 0.3) is 0 Å². The first kappa shape index (κ1) is 10.7. The van der Waals surface area contributed by atoms with Crippen LogP contribution in [0.25, 0.3) is 0 Å². The first-order chi connectivity index (χ1) is 7.56. The number of hydrogen-bond acceptors (Lipinski definition) is 2. The van der Waals surface area contributed by atoms with E-state index < -0.39 is 29.4 Å². The highest BCUT2D eigenvalue weighted by molar-refractivity contribution is 5.98. The molecule has 0 aromatic heterocycles. The molecule has 1 N–H and O–H groups in total. The van der Waals surface area contributed by atoms with E-state index in [4.69, 9.17) is 0 Å². The molecule has 0 radical (unpaired) electrons. The maximum Gasteiger partial charge on any atom is 0.227 e. The van der Waals surface area contributed by atoms with Gasteiger partial charge in [0, 0.05) is 18.8 Å². The van der Waals surface area contributed by atoms with E-state index >= 15 is 0 Å². The fraction of sp³-hybridized carbons (Fsp3) is 0.273. The van der Waals surface area contributed by atoms with Crippen molar-refractivity contribution in [1.29, 1.82) is 0 Å².